The van der Waals surface area contributed by atoms with Crippen LogP contribution in [0.5, 0.6) is 0 Å². The maximum absolute atomic E-state index is 13.0. The van der Waals surface area contributed by atoms with Crippen molar-refractivity contribution in [2.24, 2.45) is 0 Å². The van der Waals surface area contributed by atoms with Crippen molar-refractivity contribution in [1.29, 1.82) is 0 Å². The minimum atomic E-state index is -2.67. The molecule has 0 aliphatic carbocycles. The summed E-state index contributed by atoms with van der Waals surface area (Å²) >= 11 is 0. The summed E-state index contributed by atoms with van der Waals surface area (Å²) in [6, 6.07) is 11.1. The van der Waals surface area contributed by atoms with Crippen molar-refractivity contribution in [3.8, 4) is 0 Å². The maximum Gasteiger partial charge on any atom is 0.263 e. The van der Waals surface area contributed by atoms with Gasteiger partial charge in [0, 0.05) is 37.7 Å². The van der Waals surface area contributed by atoms with E-state index in [1.165, 1.54) is 18.2 Å². The second-order valence-electron chi connectivity index (χ2n) is 8.47. The number of carbonyl (C=O) groups excluding carboxylic acids is 2. The third kappa shape index (κ3) is 4.20. The van der Waals surface area contributed by atoms with Crippen molar-refractivity contribution in [2.75, 3.05) is 19.0 Å². The van der Waals surface area contributed by atoms with Crippen LogP contribution >= 0.6 is 0 Å². The predicted octanol–water partition coefficient (Wildman–Crippen LogP) is 4.08. The summed E-state index contributed by atoms with van der Waals surface area (Å²) in [5.41, 5.74) is 1.77. The Morgan fingerprint density at radius 2 is 2.06 bits per heavy atom. The van der Waals surface area contributed by atoms with Crippen LogP contribution in [0.15, 0.2) is 42.5 Å². The lowest BCUT2D eigenvalue weighted by Gasteiger charge is -2.32. The molecule has 1 saturated heterocycles. The number of fused-ring (bicyclic) bond motifs is 1. The molecule has 4 rings (SSSR count). The molecule has 2 N–H and O–H groups in total. The fourth-order valence-electron chi connectivity index (χ4n) is 4.30. The molecular formula is C24H26F2N4O3. The molecule has 2 heterocycles. The van der Waals surface area contributed by atoms with Crippen molar-refractivity contribution in [3.05, 3.63) is 59.2 Å². The number of alkyl halides is 2. The minimum absolute atomic E-state index is 0.0352. The first-order valence-corrected chi connectivity index (χ1v) is 10.8. The molecule has 1 aliphatic rings. The number of rotatable bonds is 7. The van der Waals surface area contributed by atoms with Gasteiger partial charge in [-0.2, -0.15) is 0 Å². The van der Waals surface area contributed by atoms with E-state index in [1.807, 2.05) is 25.1 Å². The fraction of sp³-hybridized carbons (Fsp3) is 0.375. The van der Waals surface area contributed by atoms with Gasteiger partial charge in [0.1, 0.15) is 0 Å². The number of aliphatic hydroxyl groups excluding tert-OH is 1. The highest BCUT2D eigenvalue weighted by Crippen LogP contribution is 2.39. The van der Waals surface area contributed by atoms with Gasteiger partial charge in [-0.1, -0.05) is 18.2 Å². The number of imidazole rings is 1. The van der Waals surface area contributed by atoms with E-state index in [9.17, 15) is 23.5 Å². The molecule has 1 fully saturated rings. The van der Waals surface area contributed by atoms with Gasteiger partial charge in [-0.25, -0.2) is 13.8 Å². The van der Waals surface area contributed by atoms with Gasteiger partial charge in [-0.05, 0) is 49.6 Å². The number of aryl methyl sites for hydroxylation is 1. The number of anilines is 1. The number of likely N-dealkylation sites (tertiary alicyclic amines) is 1. The molecule has 1 aromatic heterocycles. The molecule has 2 aromatic carbocycles. The van der Waals surface area contributed by atoms with Crippen LogP contribution in [0.2, 0.25) is 0 Å². The van der Waals surface area contributed by atoms with E-state index in [0.29, 0.717) is 31.3 Å². The molecule has 0 saturated carbocycles. The molecule has 7 nitrogen and oxygen atoms in total. The zero-order valence-corrected chi connectivity index (χ0v) is 18.5. The SMILES string of the molecule is CN1C(=O)CC[C@@]1(C)c1ccc2c(c1)nc(NC(=O)c1cccc(C(F)F)c1)n2CCCO. The van der Waals surface area contributed by atoms with E-state index >= 15 is 0 Å². The third-order valence-electron chi connectivity index (χ3n) is 6.48. The lowest BCUT2D eigenvalue weighted by Crippen LogP contribution is -2.37. The topological polar surface area (TPSA) is 87.5 Å². The number of nitrogens with zero attached hydrogens (tertiary/aromatic N) is 3. The van der Waals surface area contributed by atoms with E-state index in [4.69, 9.17) is 0 Å². The lowest BCUT2D eigenvalue weighted by atomic mass is 9.89. The summed E-state index contributed by atoms with van der Waals surface area (Å²) < 4.78 is 27.9. The predicted molar refractivity (Wildman–Crippen MR) is 120 cm³/mol. The molecule has 0 radical (unpaired) electrons. The molecule has 3 aromatic rings. The van der Waals surface area contributed by atoms with Gasteiger partial charge in [0.15, 0.2) is 0 Å². The Kier molecular flexibility index (Phi) is 6.16. The number of hydrogen-bond donors (Lipinski definition) is 2. The number of halogens is 2. The van der Waals surface area contributed by atoms with E-state index in [-0.39, 0.29) is 29.6 Å². The van der Waals surface area contributed by atoms with Gasteiger partial charge >= 0.3 is 0 Å². The number of amides is 2. The Bertz CT molecular complexity index is 1210. The molecule has 0 spiro atoms. The summed E-state index contributed by atoms with van der Waals surface area (Å²) in [6.07, 6.45) is -1.04. The summed E-state index contributed by atoms with van der Waals surface area (Å²) in [6.45, 7) is 2.39. The summed E-state index contributed by atoms with van der Waals surface area (Å²) in [5, 5.41) is 12.0. The van der Waals surface area contributed by atoms with Crippen LogP contribution in [0, 0.1) is 0 Å². The van der Waals surface area contributed by atoms with Crippen LogP contribution in [0.4, 0.5) is 14.7 Å². The van der Waals surface area contributed by atoms with Crippen LogP contribution in [-0.2, 0) is 16.9 Å². The summed E-state index contributed by atoms with van der Waals surface area (Å²) in [5.74, 6) is -0.194. The van der Waals surface area contributed by atoms with Crippen LogP contribution in [0.3, 0.4) is 0 Å². The van der Waals surface area contributed by atoms with Gasteiger partial charge < -0.3 is 14.6 Å². The Balaban J connectivity index is 1.70. The molecule has 174 valence electrons. The van der Waals surface area contributed by atoms with Gasteiger partial charge in [0.25, 0.3) is 12.3 Å². The highest BCUT2D eigenvalue weighted by molar-refractivity contribution is 6.04. The van der Waals surface area contributed by atoms with Crippen molar-refractivity contribution in [1.82, 2.24) is 14.5 Å². The molecule has 0 unspecified atom stereocenters. The molecule has 2 amide bonds. The number of benzene rings is 2. The molecule has 33 heavy (non-hydrogen) atoms. The van der Waals surface area contributed by atoms with Crippen LogP contribution in [0.25, 0.3) is 11.0 Å². The molecular weight excluding hydrogens is 430 g/mol. The van der Waals surface area contributed by atoms with Crippen molar-refractivity contribution in [3.63, 3.8) is 0 Å². The minimum Gasteiger partial charge on any atom is -0.396 e. The van der Waals surface area contributed by atoms with Gasteiger partial charge in [-0.3, -0.25) is 14.9 Å². The third-order valence-corrected chi connectivity index (χ3v) is 6.48. The standard InChI is InChI=1S/C24H26F2N4O3/c1-24(10-9-20(32)29(24)2)17-7-8-19-18(14-17)27-23(30(19)11-4-12-31)28-22(33)16-6-3-5-15(13-16)21(25)26/h3,5-8,13-14,21,31H,4,9-12H2,1-2H3,(H,27,28,33)/t24-/m0/s1. The Morgan fingerprint density at radius 3 is 2.73 bits per heavy atom. The van der Waals surface area contributed by atoms with Crippen LogP contribution < -0.4 is 5.32 Å². The summed E-state index contributed by atoms with van der Waals surface area (Å²) in [4.78, 5) is 31.2. The maximum atomic E-state index is 13.0. The van der Waals surface area contributed by atoms with E-state index in [0.717, 1.165) is 17.1 Å². The molecule has 1 aliphatic heterocycles. The van der Waals surface area contributed by atoms with E-state index in [1.54, 1.807) is 16.5 Å². The molecule has 0 bridgehead atoms. The number of aliphatic hydroxyl groups is 1. The van der Waals surface area contributed by atoms with Crippen molar-refractivity contribution >= 4 is 28.8 Å². The smallest absolute Gasteiger partial charge is 0.263 e. The van der Waals surface area contributed by atoms with E-state index in [2.05, 4.69) is 10.3 Å². The number of aromatic nitrogens is 2. The first-order valence-electron chi connectivity index (χ1n) is 10.8. The Labute approximate surface area is 190 Å². The lowest BCUT2D eigenvalue weighted by molar-refractivity contribution is -0.129. The Morgan fingerprint density at radius 1 is 1.27 bits per heavy atom. The average molecular weight is 456 g/mol. The number of nitrogens with one attached hydrogen (secondary N) is 1. The zero-order valence-electron chi connectivity index (χ0n) is 18.5. The fourth-order valence-corrected chi connectivity index (χ4v) is 4.30. The zero-order chi connectivity index (χ0) is 23.8. The second kappa shape index (κ2) is 8.90. The highest BCUT2D eigenvalue weighted by Gasteiger charge is 2.40. The van der Waals surface area contributed by atoms with Gasteiger partial charge in [0.2, 0.25) is 11.9 Å². The van der Waals surface area contributed by atoms with E-state index < -0.39 is 17.9 Å². The van der Waals surface area contributed by atoms with Gasteiger partial charge in [-0.15, -0.1) is 0 Å². The monoisotopic (exact) mass is 456 g/mol. The quantitative estimate of drug-likeness (QED) is 0.561. The summed E-state index contributed by atoms with van der Waals surface area (Å²) in [7, 11) is 1.79. The normalized spacial score (nSPS) is 18.5. The van der Waals surface area contributed by atoms with Crippen molar-refractivity contribution in [2.45, 2.75) is 44.7 Å². The second-order valence-corrected chi connectivity index (χ2v) is 8.47. The average Bonchev–Trinajstić information content (AvgIpc) is 3.29. The van der Waals surface area contributed by atoms with Crippen molar-refractivity contribution < 1.29 is 23.5 Å². The van der Waals surface area contributed by atoms with Gasteiger partial charge in [0.05, 0.1) is 16.6 Å². The number of carbonyl (C=O) groups is 2. The highest BCUT2D eigenvalue weighted by atomic mass is 19.3. The van der Waals surface area contributed by atoms with Crippen LogP contribution in [0.1, 0.15) is 54.1 Å². The first kappa shape index (κ1) is 22.8. The largest absolute Gasteiger partial charge is 0.396 e. The Hall–Kier alpha value is -3.33. The van der Waals surface area contributed by atoms with Crippen LogP contribution in [-0.4, -0.2) is 45.0 Å². The molecule has 1 atom stereocenters. The number of hydrogen-bond acceptors (Lipinski definition) is 4. The molecule has 9 heteroatoms. The first-order chi connectivity index (χ1) is 15.7.